The largest absolute Gasteiger partial charge is 0.366 e. The van der Waals surface area contributed by atoms with Crippen LogP contribution in [0.5, 0.6) is 0 Å². The van der Waals surface area contributed by atoms with Crippen molar-refractivity contribution in [2.24, 2.45) is 5.73 Å². The van der Waals surface area contributed by atoms with Crippen LogP contribution in [0.2, 0.25) is 0 Å². The molecule has 2 nitrogen and oxygen atoms in total. The molecule has 0 bridgehead atoms. The van der Waals surface area contributed by atoms with Crippen LogP contribution in [0, 0.1) is 0 Å². The van der Waals surface area contributed by atoms with Gasteiger partial charge in [0, 0.05) is 5.57 Å². The van der Waals surface area contributed by atoms with E-state index in [2.05, 4.69) is 12.3 Å². The molecule has 0 saturated carbocycles. The Balaban J connectivity index is 3.85. The lowest BCUT2D eigenvalue weighted by Gasteiger charge is -1.85. The SMILES string of the molecule is C=C(/C=C/F)C(N)=O. The van der Waals surface area contributed by atoms with Crippen molar-refractivity contribution in [2.45, 2.75) is 0 Å². The van der Waals surface area contributed by atoms with E-state index in [1.807, 2.05) is 0 Å². The highest BCUT2D eigenvalue weighted by atomic mass is 19.1. The number of amides is 1. The van der Waals surface area contributed by atoms with Gasteiger partial charge in [0.15, 0.2) is 0 Å². The number of carbonyl (C=O) groups is 1. The van der Waals surface area contributed by atoms with Gasteiger partial charge in [0.1, 0.15) is 0 Å². The van der Waals surface area contributed by atoms with Gasteiger partial charge in [-0.3, -0.25) is 4.79 Å². The van der Waals surface area contributed by atoms with E-state index >= 15 is 0 Å². The van der Waals surface area contributed by atoms with Crippen LogP contribution in [0.15, 0.2) is 24.6 Å². The van der Waals surface area contributed by atoms with Crippen LogP contribution in [0.25, 0.3) is 0 Å². The third-order valence-electron chi connectivity index (χ3n) is 0.581. The van der Waals surface area contributed by atoms with E-state index < -0.39 is 5.91 Å². The highest BCUT2D eigenvalue weighted by Crippen LogP contribution is 1.89. The molecule has 2 N–H and O–H groups in total. The molecule has 0 fully saturated rings. The monoisotopic (exact) mass is 115 g/mol. The number of hydrogen-bond donors (Lipinski definition) is 1. The first-order chi connectivity index (χ1) is 3.68. The Morgan fingerprint density at radius 1 is 1.75 bits per heavy atom. The maximum Gasteiger partial charge on any atom is 0.248 e. The summed E-state index contributed by atoms with van der Waals surface area (Å²) in [7, 11) is 0. The summed E-state index contributed by atoms with van der Waals surface area (Å²) in [5, 5.41) is 0. The summed E-state index contributed by atoms with van der Waals surface area (Å²) in [5.74, 6) is -0.709. The summed E-state index contributed by atoms with van der Waals surface area (Å²) < 4.78 is 11.2. The molecule has 0 aromatic rings. The number of primary amides is 1. The molecule has 0 saturated heterocycles. The number of halogens is 1. The van der Waals surface area contributed by atoms with Crippen LogP contribution in [0.4, 0.5) is 4.39 Å². The Morgan fingerprint density at radius 3 is 2.38 bits per heavy atom. The molecule has 0 aliphatic heterocycles. The maximum atomic E-state index is 11.2. The van der Waals surface area contributed by atoms with Gasteiger partial charge in [-0.15, -0.1) is 0 Å². The minimum absolute atomic E-state index is 0.0347. The van der Waals surface area contributed by atoms with Crippen LogP contribution in [-0.4, -0.2) is 5.91 Å². The fourth-order valence-electron chi connectivity index (χ4n) is 0.158. The molecule has 8 heavy (non-hydrogen) atoms. The smallest absolute Gasteiger partial charge is 0.248 e. The standard InChI is InChI=1S/C5H6FNO/c1-4(2-3-6)5(7)8/h2-3H,1H2,(H2,7,8)/b3-2+. The van der Waals surface area contributed by atoms with E-state index in [9.17, 15) is 9.18 Å². The van der Waals surface area contributed by atoms with Gasteiger partial charge in [0.2, 0.25) is 5.91 Å². The van der Waals surface area contributed by atoms with Crippen LogP contribution in [0.3, 0.4) is 0 Å². The molecule has 1 amide bonds. The zero-order valence-corrected chi connectivity index (χ0v) is 4.23. The number of hydrogen-bond acceptors (Lipinski definition) is 1. The summed E-state index contributed by atoms with van der Waals surface area (Å²) in [5.41, 5.74) is 4.63. The first-order valence-electron chi connectivity index (χ1n) is 1.94. The minimum Gasteiger partial charge on any atom is -0.366 e. The quantitative estimate of drug-likeness (QED) is 0.413. The van der Waals surface area contributed by atoms with Gasteiger partial charge in [-0.05, 0) is 6.08 Å². The Morgan fingerprint density at radius 2 is 2.25 bits per heavy atom. The zero-order valence-electron chi connectivity index (χ0n) is 4.23. The van der Waals surface area contributed by atoms with Crippen molar-refractivity contribution in [3.63, 3.8) is 0 Å². The number of carbonyl (C=O) groups excluding carboxylic acids is 1. The van der Waals surface area contributed by atoms with Crippen molar-refractivity contribution in [3.05, 3.63) is 24.6 Å². The molecule has 0 aromatic heterocycles. The second-order valence-electron chi connectivity index (χ2n) is 1.18. The zero-order chi connectivity index (χ0) is 6.57. The van der Waals surface area contributed by atoms with Gasteiger partial charge in [0.05, 0.1) is 6.33 Å². The van der Waals surface area contributed by atoms with Gasteiger partial charge in [-0.25, -0.2) is 4.39 Å². The molecular formula is C5H6FNO. The molecule has 0 aliphatic carbocycles. The van der Waals surface area contributed by atoms with Gasteiger partial charge in [0.25, 0.3) is 0 Å². The van der Waals surface area contributed by atoms with Crippen molar-refractivity contribution >= 4 is 5.91 Å². The van der Waals surface area contributed by atoms with E-state index in [4.69, 9.17) is 0 Å². The van der Waals surface area contributed by atoms with Crippen molar-refractivity contribution in [1.29, 1.82) is 0 Å². The lowest BCUT2D eigenvalue weighted by Crippen LogP contribution is -2.10. The third kappa shape index (κ3) is 2.12. The highest BCUT2D eigenvalue weighted by Gasteiger charge is 1.92. The summed E-state index contributed by atoms with van der Waals surface area (Å²) in [6.07, 6.45) is 1.12. The van der Waals surface area contributed by atoms with Crippen molar-refractivity contribution < 1.29 is 9.18 Å². The fourth-order valence-corrected chi connectivity index (χ4v) is 0.158. The molecule has 44 valence electrons. The Bertz CT molecular complexity index is 139. The van der Waals surface area contributed by atoms with Gasteiger partial charge < -0.3 is 5.73 Å². The molecule has 0 unspecified atom stereocenters. The van der Waals surface area contributed by atoms with Crippen LogP contribution >= 0.6 is 0 Å². The van der Waals surface area contributed by atoms with E-state index in [1.54, 1.807) is 0 Å². The molecule has 0 aromatic carbocycles. The molecule has 0 aliphatic rings. The lowest BCUT2D eigenvalue weighted by atomic mass is 10.3. The molecule has 0 heterocycles. The number of nitrogens with two attached hydrogens (primary N) is 1. The van der Waals surface area contributed by atoms with Crippen molar-refractivity contribution in [3.8, 4) is 0 Å². The van der Waals surface area contributed by atoms with Crippen LogP contribution in [-0.2, 0) is 4.79 Å². The normalized spacial score (nSPS) is 9.62. The Labute approximate surface area is 46.5 Å². The lowest BCUT2D eigenvalue weighted by molar-refractivity contribution is -0.114. The predicted molar refractivity (Wildman–Crippen MR) is 28.6 cm³/mol. The first-order valence-corrected chi connectivity index (χ1v) is 1.94. The second kappa shape index (κ2) is 2.96. The van der Waals surface area contributed by atoms with Gasteiger partial charge in [-0.2, -0.15) is 0 Å². The van der Waals surface area contributed by atoms with E-state index in [0.717, 1.165) is 6.08 Å². The van der Waals surface area contributed by atoms with Crippen molar-refractivity contribution in [1.82, 2.24) is 0 Å². The molecule has 3 heteroatoms. The minimum atomic E-state index is -0.709. The van der Waals surface area contributed by atoms with Gasteiger partial charge >= 0.3 is 0 Å². The van der Waals surface area contributed by atoms with E-state index in [0.29, 0.717) is 0 Å². The number of rotatable bonds is 2. The third-order valence-corrected chi connectivity index (χ3v) is 0.581. The Kier molecular flexibility index (Phi) is 2.54. The second-order valence-corrected chi connectivity index (χ2v) is 1.18. The molecule has 0 rings (SSSR count). The maximum absolute atomic E-state index is 11.2. The van der Waals surface area contributed by atoms with Crippen LogP contribution < -0.4 is 5.73 Å². The first kappa shape index (κ1) is 6.88. The Hall–Kier alpha value is -1.12. The molecule has 0 radical (unpaired) electrons. The average molecular weight is 115 g/mol. The van der Waals surface area contributed by atoms with E-state index in [-0.39, 0.29) is 11.9 Å². The highest BCUT2D eigenvalue weighted by molar-refractivity contribution is 5.93. The van der Waals surface area contributed by atoms with Crippen LogP contribution in [0.1, 0.15) is 0 Å². The van der Waals surface area contributed by atoms with E-state index in [1.165, 1.54) is 0 Å². The molecule has 0 atom stereocenters. The fraction of sp³-hybridized carbons (Fsp3) is 0. The topological polar surface area (TPSA) is 43.1 Å². The summed E-state index contributed by atoms with van der Waals surface area (Å²) in [4.78, 5) is 9.99. The van der Waals surface area contributed by atoms with Crippen molar-refractivity contribution in [2.75, 3.05) is 0 Å². The average Bonchev–Trinajstić information content (AvgIpc) is 1.67. The molecular weight excluding hydrogens is 109 g/mol. The summed E-state index contributed by atoms with van der Waals surface area (Å²) in [6, 6.07) is 0. The molecule has 0 spiro atoms. The predicted octanol–water partition coefficient (Wildman–Crippen LogP) is 0.511. The van der Waals surface area contributed by atoms with Gasteiger partial charge in [-0.1, -0.05) is 6.58 Å². The summed E-state index contributed by atoms with van der Waals surface area (Å²) >= 11 is 0. The summed E-state index contributed by atoms with van der Waals surface area (Å²) in [6.45, 7) is 3.14.